The van der Waals surface area contributed by atoms with E-state index in [1.807, 2.05) is 13.0 Å². The van der Waals surface area contributed by atoms with Gasteiger partial charge in [0.05, 0.1) is 0 Å². The highest BCUT2D eigenvalue weighted by molar-refractivity contribution is 5.87. The van der Waals surface area contributed by atoms with E-state index in [9.17, 15) is 4.79 Å². The fraction of sp³-hybridized carbons (Fsp3) is 0.769. The average molecular weight is 205 g/mol. The number of hydrogen-bond donors (Lipinski definition) is 0. The molecule has 1 amide bonds. The number of allylic oxidation sites excluding steroid dienone is 1. The summed E-state index contributed by atoms with van der Waals surface area (Å²) in [5, 5.41) is 0. The molecule has 4 atom stereocenters. The molecule has 0 aromatic carbocycles. The maximum absolute atomic E-state index is 11.7. The number of rotatable bonds is 1. The maximum Gasteiger partial charge on any atom is 0.246 e. The van der Waals surface area contributed by atoms with Crippen LogP contribution in [0.2, 0.25) is 0 Å². The van der Waals surface area contributed by atoms with Crippen LogP contribution in [-0.4, -0.2) is 23.9 Å². The first-order valence-electron chi connectivity index (χ1n) is 6.21. The minimum atomic E-state index is 0.228. The molecule has 15 heavy (non-hydrogen) atoms. The van der Waals surface area contributed by atoms with Gasteiger partial charge in [-0.25, -0.2) is 0 Å². The quantitative estimate of drug-likeness (QED) is 0.600. The lowest BCUT2D eigenvalue weighted by molar-refractivity contribution is -0.125. The van der Waals surface area contributed by atoms with Gasteiger partial charge in [0.2, 0.25) is 5.91 Å². The number of amides is 1. The molecule has 2 saturated carbocycles. The van der Waals surface area contributed by atoms with Crippen molar-refractivity contribution >= 4 is 5.91 Å². The highest BCUT2D eigenvalue weighted by Gasteiger charge is 2.51. The standard InChI is InChI=1S/C13H19NO/c1-2-3-13(15)14-7-11-9-4-5-10(6-9)12(11)8-14/h2-3,9-12H,4-8H2,1H3/b3-2+. The van der Waals surface area contributed by atoms with Crippen molar-refractivity contribution in [3.05, 3.63) is 12.2 Å². The molecule has 2 nitrogen and oxygen atoms in total. The van der Waals surface area contributed by atoms with Crippen LogP contribution in [0.1, 0.15) is 26.2 Å². The summed E-state index contributed by atoms with van der Waals surface area (Å²) < 4.78 is 0. The molecule has 3 aliphatic rings. The lowest BCUT2D eigenvalue weighted by Crippen LogP contribution is -2.28. The van der Waals surface area contributed by atoms with E-state index in [2.05, 4.69) is 4.90 Å². The topological polar surface area (TPSA) is 20.3 Å². The number of fused-ring (bicyclic) bond motifs is 5. The van der Waals surface area contributed by atoms with Gasteiger partial charge in [-0.1, -0.05) is 6.08 Å². The first-order chi connectivity index (χ1) is 7.29. The molecule has 1 saturated heterocycles. The molecule has 1 aliphatic heterocycles. The van der Waals surface area contributed by atoms with E-state index in [0.717, 1.165) is 36.8 Å². The van der Waals surface area contributed by atoms with E-state index in [1.165, 1.54) is 19.3 Å². The van der Waals surface area contributed by atoms with Crippen molar-refractivity contribution in [3.63, 3.8) is 0 Å². The van der Waals surface area contributed by atoms with Crippen LogP contribution >= 0.6 is 0 Å². The Hall–Kier alpha value is -0.790. The van der Waals surface area contributed by atoms with Gasteiger partial charge in [-0.05, 0) is 55.9 Å². The fourth-order valence-electron chi connectivity index (χ4n) is 4.11. The summed E-state index contributed by atoms with van der Waals surface area (Å²) in [5.41, 5.74) is 0. The van der Waals surface area contributed by atoms with Crippen molar-refractivity contribution in [2.45, 2.75) is 26.2 Å². The fourth-order valence-corrected chi connectivity index (χ4v) is 4.11. The van der Waals surface area contributed by atoms with Crippen LogP contribution in [0.25, 0.3) is 0 Å². The summed E-state index contributed by atoms with van der Waals surface area (Å²) >= 11 is 0. The van der Waals surface area contributed by atoms with E-state index < -0.39 is 0 Å². The maximum atomic E-state index is 11.7. The third kappa shape index (κ3) is 1.34. The van der Waals surface area contributed by atoms with E-state index in [4.69, 9.17) is 0 Å². The predicted octanol–water partition coefficient (Wildman–Crippen LogP) is 2.07. The molecule has 1 heterocycles. The summed E-state index contributed by atoms with van der Waals surface area (Å²) in [6.45, 7) is 3.99. The zero-order valence-electron chi connectivity index (χ0n) is 9.36. The van der Waals surface area contributed by atoms with Gasteiger partial charge in [0.15, 0.2) is 0 Å². The molecule has 0 N–H and O–H groups in total. The minimum Gasteiger partial charge on any atom is -0.339 e. The lowest BCUT2D eigenvalue weighted by atomic mass is 9.82. The van der Waals surface area contributed by atoms with Gasteiger partial charge < -0.3 is 4.90 Å². The van der Waals surface area contributed by atoms with Crippen LogP contribution < -0.4 is 0 Å². The molecule has 0 radical (unpaired) electrons. The van der Waals surface area contributed by atoms with E-state index >= 15 is 0 Å². The second kappa shape index (κ2) is 3.36. The van der Waals surface area contributed by atoms with Crippen LogP contribution in [0.5, 0.6) is 0 Å². The molecule has 0 aromatic rings. The van der Waals surface area contributed by atoms with Gasteiger partial charge in [-0.2, -0.15) is 0 Å². The molecule has 82 valence electrons. The third-order valence-electron chi connectivity index (χ3n) is 4.76. The average Bonchev–Trinajstić information content (AvgIpc) is 2.90. The first kappa shape index (κ1) is 9.44. The van der Waals surface area contributed by atoms with E-state index in [0.29, 0.717) is 0 Å². The summed E-state index contributed by atoms with van der Waals surface area (Å²) in [6, 6.07) is 0. The van der Waals surface area contributed by atoms with Gasteiger partial charge in [0.25, 0.3) is 0 Å². The molecule has 4 unspecified atom stereocenters. The third-order valence-corrected chi connectivity index (χ3v) is 4.76. The molecule has 3 fully saturated rings. The lowest BCUT2D eigenvalue weighted by Gasteiger charge is -2.22. The second-order valence-corrected chi connectivity index (χ2v) is 5.40. The highest BCUT2D eigenvalue weighted by Crippen LogP contribution is 2.55. The van der Waals surface area contributed by atoms with Crippen molar-refractivity contribution in [3.8, 4) is 0 Å². The Morgan fingerprint density at radius 2 is 1.80 bits per heavy atom. The molecule has 2 bridgehead atoms. The Bertz CT molecular complexity index is 292. The van der Waals surface area contributed by atoms with Crippen molar-refractivity contribution in [1.82, 2.24) is 4.90 Å². The van der Waals surface area contributed by atoms with Crippen LogP contribution in [0.4, 0.5) is 0 Å². The summed E-state index contributed by atoms with van der Waals surface area (Å²) in [5.74, 6) is 3.81. The van der Waals surface area contributed by atoms with E-state index in [-0.39, 0.29) is 5.91 Å². The normalized spacial score (nSPS) is 42.9. The first-order valence-corrected chi connectivity index (χ1v) is 6.21. The summed E-state index contributed by atoms with van der Waals surface area (Å²) in [7, 11) is 0. The van der Waals surface area contributed by atoms with Gasteiger partial charge in [0.1, 0.15) is 0 Å². The van der Waals surface area contributed by atoms with Crippen LogP contribution in [0.3, 0.4) is 0 Å². The number of likely N-dealkylation sites (tertiary alicyclic amines) is 1. The van der Waals surface area contributed by atoms with E-state index in [1.54, 1.807) is 6.08 Å². The van der Waals surface area contributed by atoms with Gasteiger partial charge in [-0.3, -0.25) is 4.79 Å². The van der Waals surface area contributed by atoms with Crippen molar-refractivity contribution in [2.24, 2.45) is 23.7 Å². The molecule has 0 spiro atoms. The minimum absolute atomic E-state index is 0.228. The van der Waals surface area contributed by atoms with Crippen molar-refractivity contribution in [2.75, 3.05) is 13.1 Å². The molecule has 2 aliphatic carbocycles. The van der Waals surface area contributed by atoms with Gasteiger partial charge in [0, 0.05) is 13.1 Å². The zero-order valence-corrected chi connectivity index (χ0v) is 9.36. The van der Waals surface area contributed by atoms with Crippen LogP contribution in [0, 0.1) is 23.7 Å². The van der Waals surface area contributed by atoms with Crippen LogP contribution in [0.15, 0.2) is 12.2 Å². The molecule has 3 rings (SSSR count). The zero-order chi connectivity index (χ0) is 10.4. The van der Waals surface area contributed by atoms with Crippen molar-refractivity contribution in [1.29, 1.82) is 0 Å². The number of hydrogen-bond acceptors (Lipinski definition) is 1. The van der Waals surface area contributed by atoms with Crippen molar-refractivity contribution < 1.29 is 4.79 Å². The Labute approximate surface area is 91.3 Å². The number of nitrogens with zero attached hydrogens (tertiary/aromatic N) is 1. The van der Waals surface area contributed by atoms with Gasteiger partial charge >= 0.3 is 0 Å². The largest absolute Gasteiger partial charge is 0.339 e. The predicted molar refractivity (Wildman–Crippen MR) is 59.2 cm³/mol. The molecular weight excluding hydrogens is 186 g/mol. The highest BCUT2D eigenvalue weighted by atomic mass is 16.2. The molecule has 0 aromatic heterocycles. The summed E-state index contributed by atoms with van der Waals surface area (Å²) in [6.07, 6.45) is 7.88. The Balaban J connectivity index is 1.71. The SMILES string of the molecule is C/C=C/C(=O)N1CC2C3CCC(C3)C2C1. The number of carbonyl (C=O) groups is 1. The monoisotopic (exact) mass is 205 g/mol. The Kier molecular flexibility index (Phi) is 2.11. The Morgan fingerprint density at radius 1 is 1.20 bits per heavy atom. The number of carbonyl (C=O) groups excluding carboxylic acids is 1. The Morgan fingerprint density at radius 3 is 2.33 bits per heavy atom. The smallest absolute Gasteiger partial charge is 0.246 e. The van der Waals surface area contributed by atoms with Gasteiger partial charge in [-0.15, -0.1) is 0 Å². The molecular formula is C13H19NO. The summed E-state index contributed by atoms with van der Waals surface area (Å²) in [4.78, 5) is 13.8. The van der Waals surface area contributed by atoms with Crippen LogP contribution in [-0.2, 0) is 4.79 Å². The second-order valence-electron chi connectivity index (χ2n) is 5.40. The molecule has 2 heteroatoms.